The quantitative estimate of drug-likeness (QED) is 0.606. The van der Waals surface area contributed by atoms with Crippen LogP contribution < -0.4 is 14.8 Å². The first-order chi connectivity index (χ1) is 14.5. The van der Waals surface area contributed by atoms with Gasteiger partial charge in [-0.05, 0) is 50.3 Å². The molecule has 1 saturated carbocycles. The molecule has 2 aromatic rings. The minimum atomic E-state index is 0.0561. The van der Waals surface area contributed by atoms with E-state index in [0.29, 0.717) is 41.0 Å². The molecule has 1 aliphatic rings. The average Bonchev–Trinajstić information content (AvgIpc) is 3.07. The molecule has 0 spiro atoms. The van der Waals surface area contributed by atoms with Crippen LogP contribution >= 0.6 is 11.8 Å². The van der Waals surface area contributed by atoms with E-state index in [1.165, 1.54) is 31.0 Å². The number of carbonyl (C=O) groups excluding carboxylic acids is 1. The number of aromatic nitrogens is 3. The van der Waals surface area contributed by atoms with E-state index in [0.717, 1.165) is 17.7 Å². The van der Waals surface area contributed by atoms with Crippen LogP contribution in [0.5, 0.6) is 11.5 Å². The summed E-state index contributed by atoms with van der Waals surface area (Å²) in [6.45, 7) is 7.04. The molecule has 1 aromatic carbocycles. The molecule has 1 heterocycles. The fourth-order valence-electron chi connectivity index (χ4n) is 3.65. The first-order valence-corrected chi connectivity index (χ1v) is 11.6. The molecular weight excluding hydrogens is 400 g/mol. The summed E-state index contributed by atoms with van der Waals surface area (Å²) < 4.78 is 13.5. The molecule has 1 N–H and O–H groups in total. The van der Waals surface area contributed by atoms with E-state index in [1.807, 2.05) is 43.7 Å². The van der Waals surface area contributed by atoms with Crippen molar-refractivity contribution in [3.05, 3.63) is 29.6 Å². The van der Waals surface area contributed by atoms with E-state index in [-0.39, 0.29) is 12.5 Å². The molecule has 164 valence electrons. The molecule has 8 heteroatoms. The van der Waals surface area contributed by atoms with Gasteiger partial charge in [-0.3, -0.25) is 4.79 Å². The molecule has 0 aliphatic heterocycles. The van der Waals surface area contributed by atoms with Gasteiger partial charge in [0, 0.05) is 13.1 Å². The number of rotatable bonds is 9. The maximum Gasteiger partial charge on any atom is 0.230 e. The number of aryl methyl sites for hydroxylation is 1. The number of carbonyl (C=O) groups is 1. The molecule has 1 amide bonds. The fourth-order valence-corrected chi connectivity index (χ4v) is 4.39. The number of hydrogen-bond acceptors (Lipinski definition) is 6. The minimum absolute atomic E-state index is 0.0561. The van der Waals surface area contributed by atoms with Gasteiger partial charge in [0.1, 0.15) is 6.61 Å². The Labute approximate surface area is 182 Å². The Balaban J connectivity index is 1.53. The van der Waals surface area contributed by atoms with Gasteiger partial charge in [-0.15, -0.1) is 10.2 Å². The molecule has 3 rings (SSSR count). The van der Waals surface area contributed by atoms with Crippen molar-refractivity contribution in [3.63, 3.8) is 0 Å². The molecule has 0 saturated heterocycles. The lowest BCUT2D eigenvalue weighted by molar-refractivity contribution is -0.119. The van der Waals surface area contributed by atoms with Gasteiger partial charge in [0.05, 0.1) is 12.4 Å². The largest absolute Gasteiger partial charge is 0.490 e. The Kier molecular flexibility index (Phi) is 8.01. The summed E-state index contributed by atoms with van der Waals surface area (Å²) in [4.78, 5) is 12.4. The Bertz CT molecular complexity index is 855. The second-order valence-electron chi connectivity index (χ2n) is 7.85. The second kappa shape index (κ2) is 10.7. The van der Waals surface area contributed by atoms with E-state index in [1.54, 1.807) is 0 Å². The number of thioether (sulfide) groups is 1. The first kappa shape index (κ1) is 22.5. The molecule has 1 aromatic heterocycles. The van der Waals surface area contributed by atoms with Crippen LogP contribution in [0.3, 0.4) is 0 Å². The maximum absolute atomic E-state index is 12.4. The molecule has 30 heavy (non-hydrogen) atoms. The number of nitrogens with zero attached hydrogens (tertiary/aromatic N) is 3. The number of hydrogen-bond donors (Lipinski definition) is 1. The lowest BCUT2D eigenvalue weighted by Crippen LogP contribution is -2.41. The topological polar surface area (TPSA) is 78.3 Å². The summed E-state index contributed by atoms with van der Waals surface area (Å²) >= 11 is 1.40. The number of ether oxygens (including phenoxy) is 2. The number of amides is 1. The zero-order valence-electron chi connectivity index (χ0n) is 18.3. The van der Waals surface area contributed by atoms with Crippen molar-refractivity contribution in [1.82, 2.24) is 20.1 Å². The smallest absolute Gasteiger partial charge is 0.230 e. The highest BCUT2D eigenvalue weighted by molar-refractivity contribution is 7.99. The van der Waals surface area contributed by atoms with Gasteiger partial charge in [-0.1, -0.05) is 37.6 Å². The Morgan fingerprint density at radius 3 is 2.80 bits per heavy atom. The number of benzene rings is 1. The first-order valence-electron chi connectivity index (χ1n) is 10.6. The summed E-state index contributed by atoms with van der Waals surface area (Å²) in [5, 5.41) is 12.3. The Morgan fingerprint density at radius 1 is 1.23 bits per heavy atom. The molecule has 1 fully saturated rings. The molecule has 2 atom stereocenters. The highest BCUT2D eigenvalue weighted by Gasteiger charge is 2.23. The van der Waals surface area contributed by atoms with E-state index in [2.05, 4.69) is 22.4 Å². The molecular formula is C22H32N4O3S. The van der Waals surface area contributed by atoms with Crippen molar-refractivity contribution in [2.24, 2.45) is 13.0 Å². The van der Waals surface area contributed by atoms with E-state index in [4.69, 9.17) is 9.47 Å². The average molecular weight is 433 g/mol. The zero-order chi connectivity index (χ0) is 21.5. The van der Waals surface area contributed by atoms with Crippen molar-refractivity contribution in [3.8, 4) is 11.5 Å². The summed E-state index contributed by atoms with van der Waals surface area (Å²) in [5.74, 6) is 3.04. The normalized spacial score (nSPS) is 18.8. The van der Waals surface area contributed by atoms with Gasteiger partial charge in [-0.25, -0.2) is 0 Å². The summed E-state index contributed by atoms with van der Waals surface area (Å²) in [5.41, 5.74) is 1.11. The Hall–Kier alpha value is -2.22. The molecule has 0 bridgehead atoms. The molecule has 0 radical (unpaired) electrons. The van der Waals surface area contributed by atoms with Crippen LogP contribution in [0.25, 0.3) is 0 Å². The monoisotopic (exact) mass is 432 g/mol. The predicted octanol–water partition coefficient (Wildman–Crippen LogP) is 3.89. The van der Waals surface area contributed by atoms with Crippen molar-refractivity contribution in [2.45, 2.75) is 64.3 Å². The SMILES string of the molecule is CCOc1cc(C)ccc1OCc1nnc(SCC(=O)N[C@H]2CCCC[C@@H]2C)n1C. The van der Waals surface area contributed by atoms with Crippen LogP contribution in [0.1, 0.15) is 50.9 Å². The van der Waals surface area contributed by atoms with Gasteiger partial charge in [0.15, 0.2) is 22.5 Å². The van der Waals surface area contributed by atoms with Crippen LogP contribution in [0.2, 0.25) is 0 Å². The highest BCUT2D eigenvalue weighted by atomic mass is 32.2. The highest BCUT2D eigenvalue weighted by Crippen LogP contribution is 2.29. The number of nitrogens with one attached hydrogen (secondary N) is 1. The third-order valence-corrected chi connectivity index (χ3v) is 6.49. The lowest BCUT2D eigenvalue weighted by atomic mass is 9.86. The van der Waals surface area contributed by atoms with Crippen LogP contribution in [0.4, 0.5) is 0 Å². The van der Waals surface area contributed by atoms with Gasteiger partial charge in [0.25, 0.3) is 0 Å². The van der Waals surface area contributed by atoms with Crippen LogP contribution in [0, 0.1) is 12.8 Å². The van der Waals surface area contributed by atoms with Gasteiger partial charge < -0.3 is 19.4 Å². The van der Waals surface area contributed by atoms with Crippen molar-refractivity contribution in [1.29, 1.82) is 0 Å². The van der Waals surface area contributed by atoms with Crippen LogP contribution in [-0.4, -0.2) is 39.1 Å². The predicted molar refractivity (Wildman–Crippen MR) is 118 cm³/mol. The van der Waals surface area contributed by atoms with Gasteiger partial charge >= 0.3 is 0 Å². The van der Waals surface area contributed by atoms with Gasteiger partial charge in [-0.2, -0.15) is 0 Å². The second-order valence-corrected chi connectivity index (χ2v) is 8.80. The standard InChI is InChI=1S/C22H32N4O3S/c1-5-28-19-12-15(2)10-11-18(19)29-13-20-24-25-22(26(20)4)30-14-21(27)23-17-9-7-6-8-16(17)3/h10-12,16-17H,5-9,13-14H2,1-4H3,(H,23,27)/t16-,17-/m0/s1. The fraction of sp³-hybridized carbons (Fsp3) is 0.591. The van der Waals surface area contributed by atoms with Crippen molar-refractivity contribution in [2.75, 3.05) is 12.4 Å². The van der Waals surface area contributed by atoms with Crippen molar-refractivity contribution < 1.29 is 14.3 Å². The van der Waals surface area contributed by atoms with Crippen LogP contribution in [-0.2, 0) is 18.4 Å². The molecule has 1 aliphatic carbocycles. The lowest BCUT2D eigenvalue weighted by Gasteiger charge is -2.29. The summed E-state index contributed by atoms with van der Waals surface area (Å²) in [6.07, 6.45) is 4.73. The Morgan fingerprint density at radius 2 is 2.03 bits per heavy atom. The van der Waals surface area contributed by atoms with Gasteiger partial charge in [0.2, 0.25) is 5.91 Å². The third-order valence-electron chi connectivity index (χ3n) is 5.47. The van der Waals surface area contributed by atoms with E-state index in [9.17, 15) is 4.79 Å². The van der Waals surface area contributed by atoms with Crippen molar-refractivity contribution >= 4 is 17.7 Å². The molecule has 7 nitrogen and oxygen atoms in total. The summed E-state index contributed by atoms with van der Waals surface area (Å²) in [6, 6.07) is 6.15. The third kappa shape index (κ3) is 5.90. The minimum Gasteiger partial charge on any atom is -0.490 e. The zero-order valence-corrected chi connectivity index (χ0v) is 19.1. The van der Waals surface area contributed by atoms with E-state index < -0.39 is 0 Å². The summed E-state index contributed by atoms with van der Waals surface area (Å²) in [7, 11) is 1.89. The van der Waals surface area contributed by atoms with E-state index >= 15 is 0 Å². The molecule has 0 unspecified atom stereocenters. The van der Waals surface area contributed by atoms with Crippen LogP contribution in [0.15, 0.2) is 23.4 Å². The maximum atomic E-state index is 12.4.